The van der Waals surface area contributed by atoms with Gasteiger partial charge in [0, 0.05) is 24.5 Å². The van der Waals surface area contributed by atoms with Gasteiger partial charge in [-0.25, -0.2) is 0 Å². The molecule has 3 heteroatoms. The number of carbonyl (C=O) groups excluding carboxylic acids is 1. The zero-order valence-electron chi connectivity index (χ0n) is 10.9. The first kappa shape index (κ1) is 12.7. The fourth-order valence-corrected chi connectivity index (χ4v) is 2.28. The van der Waals surface area contributed by atoms with Gasteiger partial charge in [-0.15, -0.1) is 0 Å². The predicted octanol–water partition coefficient (Wildman–Crippen LogP) is 3.11. The van der Waals surface area contributed by atoms with Gasteiger partial charge in [0.2, 0.25) is 5.91 Å². The Balaban J connectivity index is 2.19. The molecule has 1 aromatic carbocycles. The highest BCUT2D eigenvalue weighted by molar-refractivity contribution is 5.99. The molecule has 0 saturated carbocycles. The van der Waals surface area contributed by atoms with Gasteiger partial charge in [-0.3, -0.25) is 4.79 Å². The molecule has 0 atom stereocenters. The number of hydrogen-bond donors (Lipinski definition) is 1. The van der Waals surface area contributed by atoms with Gasteiger partial charge >= 0.3 is 0 Å². The molecular weight excluding hydrogens is 224 g/mol. The molecule has 1 N–H and O–H groups in total. The van der Waals surface area contributed by atoms with Crippen LogP contribution in [0.2, 0.25) is 0 Å². The van der Waals surface area contributed by atoms with Crippen LogP contribution < -0.4 is 10.2 Å². The summed E-state index contributed by atoms with van der Waals surface area (Å²) in [5, 5.41) is 2.86. The molecule has 1 aromatic rings. The maximum Gasteiger partial charge on any atom is 0.247 e. The Hall–Kier alpha value is -1.77. The maximum atomic E-state index is 11.4. The number of nitrogens with one attached hydrogen (secondary N) is 1. The molecule has 1 saturated heterocycles. The number of nitrogens with zero attached hydrogens (tertiary/aromatic N) is 1. The van der Waals surface area contributed by atoms with E-state index in [1.807, 2.05) is 6.92 Å². The highest BCUT2D eigenvalue weighted by Gasteiger charge is 2.12. The van der Waals surface area contributed by atoms with Crippen molar-refractivity contribution in [1.82, 2.24) is 0 Å². The standard InChI is InChI=1S/C15H20N2O/c1-3-15(18)16-14-11-13(8-7-12(14)2)17-9-5-4-6-10-17/h3,7-8,11H,1,4-6,9-10H2,2H3,(H,16,18). The molecule has 0 aromatic heterocycles. The van der Waals surface area contributed by atoms with Gasteiger partial charge in [0.1, 0.15) is 0 Å². The minimum Gasteiger partial charge on any atom is -0.371 e. The third-order valence-electron chi connectivity index (χ3n) is 3.39. The van der Waals surface area contributed by atoms with E-state index in [9.17, 15) is 4.79 Å². The zero-order valence-corrected chi connectivity index (χ0v) is 10.9. The highest BCUT2D eigenvalue weighted by atomic mass is 16.1. The first-order valence-electron chi connectivity index (χ1n) is 6.50. The van der Waals surface area contributed by atoms with Crippen LogP contribution in [0.25, 0.3) is 0 Å². The lowest BCUT2D eigenvalue weighted by molar-refractivity contribution is -0.111. The molecule has 1 heterocycles. The molecule has 96 valence electrons. The Kier molecular flexibility index (Phi) is 4.03. The number of piperidine rings is 1. The van der Waals surface area contributed by atoms with Crippen molar-refractivity contribution in [1.29, 1.82) is 0 Å². The van der Waals surface area contributed by atoms with Crippen molar-refractivity contribution >= 4 is 17.3 Å². The van der Waals surface area contributed by atoms with E-state index in [-0.39, 0.29) is 5.91 Å². The molecule has 0 radical (unpaired) electrons. The van der Waals surface area contributed by atoms with Crippen molar-refractivity contribution in [2.75, 3.05) is 23.3 Å². The van der Waals surface area contributed by atoms with Gasteiger partial charge in [-0.2, -0.15) is 0 Å². The van der Waals surface area contributed by atoms with Crippen LogP contribution in [0.15, 0.2) is 30.9 Å². The summed E-state index contributed by atoms with van der Waals surface area (Å²) in [4.78, 5) is 13.8. The summed E-state index contributed by atoms with van der Waals surface area (Å²) in [6.45, 7) is 7.69. The summed E-state index contributed by atoms with van der Waals surface area (Å²) in [6.07, 6.45) is 5.12. The number of anilines is 2. The largest absolute Gasteiger partial charge is 0.371 e. The molecule has 0 unspecified atom stereocenters. The topological polar surface area (TPSA) is 32.3 Å². The van der Waals surface area contributed by atoms with Crippen LogP contribution in [0.3, 0.4) is 0 Å². The van der Waals surface area contributed by atoms with Crippen LogP contribution >= 0.6 is 0 Å². The van der Waals surface area contributed by atoms with Crippen molar-refractivity contribution < 1.29 is 4.79 Å². The average molecular weight is 244 g/mol. The molecule has 18 heavy (non-hydrogen) atoms. The van der Waals surface area contributed by atoms with Crippen molar-refractivity contribution in [2.24, 2.45) is 0 Å². The van der Waals surface area contributed by atoms with Crippen molar-refractivity contribution in [3.63, 3.8) is 0 Å². The first-order chi connectivity index (χ1) is 8.70. The Morgan fingerprint density at radius 2 is 2.06 bits per heavy atom. The first-order valence-corrected chi connectivity index (χ1v) is 6.50. The molecule has 0 aliphatic carbocycles. The van der Waals surface area contributed by atoms with Crippen LogP contribution in [0.4, 0.5) is 11.4 Å². The fraction of sp³-hybridized carbons (Fsp3) is 0.400. The Bertz CT molecular complexity index is 448. The van der Waals surface area contributed by atoms with Crippen LogP contribution in [-0.4, -0.2) is 19.0 Å². The number of benzene rings is 1. The van der Waals surface area contributed by atoms with Gasteiger partial charge in [0.05, 0.1) is 0 Å². The Morgan fingerprint density at radius 3 is 2.72 bits per heavy atom. The van der Waals surface area contributed by atoms with Gasteiger partial charge in [0.25, 0.3) is 0 Å². The van der Waals surface area contributed by atoms with Gasteiger partial charge < -0.3 is 10.2 Å². The van der Waals surface area contributed by atoms with Crippen molar-refractivity contribution in [3.05, 3.63) is 36.4 Å². The number of carbonyl (C=O) groups is 1. The lowest BCUT2D eigenvalue weighted by atomic mass is 10.1. The van der Waals surface area contributed by atoms with Gasteiger partial charge in [-0.1, -0.05) is 12.6 Å². The Morgan fingerprint density at radius 1 is 1.33 bits per heavy atom. The molecule has 0 bridgehead atoms. The van der Waals surface area contributed by atoms with E-state index in [1.54, 1.807) is 0 Å². The summed E-state index contributed by atoms with van der Waals surface area (Å²) in [6, 6.07) is 6.24. The van der Waals surface area contributed by atoms with Crippen molar-refractivity contribution in [3.8, 4) is 0 Å². The van der Waals surface area contributed by atoms with Crippen molar-refractivity contribution in [2.45, 2.75) is 26.2 Å². The summed E-state index contributed by atoms with van der Waals surface area (Å²) in [7, 11) is 0. The third kappa shape index (κ3) is 2.92. The lowest BCUT2D eigenvalue weighted by Crippen LogP contribution is -2.29. The smallest absolute Gasteiger partial charge is 0.247 e. The molecule has 0 spiro atoms. The van der Waals surface area contributed by atoms with E-state index >= 15 is 0 Å². The van der Waals surface area contributed by atoms with Gasteiger partial charge in [0.15, 0.2) is 0 Å². The molecule has 1 amide bonds. The molecule has 1 aliphatic heterocycles. The number of amides is 1. The van der Waals surface area contributed by atoms with Crippen LogP contribution in [0.5, 0.6) is 0 Å². The SMILES string of the molecule is C=CC(=O)Nc1cc(N2CCCCC2)ccc1C. The number of hydrogen-bond acceptors (Lipinski definition) is 2. The number of aryl methyl sites for hydroxylation is 1. The van der Waals surface area contributed by atoms with Gasteiger partial charge in [-0.05, 0) is 50.0 Å². The van der Waals surface area contributed by atoms with Crippen LogP contribution in [-0.2, 0) is 4.79 Å². The third-order valence-corrected chi connectivity index (χ3v) is 3.39. The molecule has 3 nitrogen and oxygen atoms in total. The van der Waals surface area contributed by atoms with Crippen LogP contribution in [0, 0.1) is 6.92 Å². The molecular formula is C15H20N2O. The van der Waals surface area contributed by atoms with E-state index in [2.05, 4.69) is 35.0 Å². The zero-order chi connectivity index (χ0) is 13.0. The predicted molar refractivity (Wildman–Crippen MR) is 76.1 cm³/mol. The second-order valence-electron chi connectivity index (χ2n) is 4.74. The number of rotatable bonds is 3. The summed E-state index contributed by atoms with van der Waals surface area (Å²) < 4.78 is 0. The highest BCUT2D eigenvalue weighted by Crippen LogP contribution is 2.25. The van der Waals surface area contributed by atoms with E-state index in [0.717, 1.165) is 24.3 Å². The monoisotopic (exact) mass is 244 g/mol. The summed E-state index contributed by atoms with van der Waals surface area (Å²) >= 11 is 0. The fourth-order valence-electron chi connectivity index (χ4n) is 2.28. The maximum absolute atomic E-state index is 11.4. The minimum absolute atomic E-state index is 0.158. The second kappa shape index (κ2) is 5.71. The normalized spacial score (nSPS) is 15.3. The van der Waals surface area contributed by atoms with E-state index in [4.69, 9.17) is 0 Å². The molecule has 2 rings (SSSR count). The average Bonchev–Trinajstić information content (AvgIpc) is 2.42. The quantitative estimate of drug-likeness (QED) is 0.829. The minimum atomic E-state index is -0.158. The Labute approximate surface area is 108 Å². The molecule has 1 aliphatic rings. The summed E-state index contributed by atoms with van der Waals surface area (Å²) in [5.41, 5.74) is 3.15. The van der Waals surface area contributed by atoms with E-state index in [1.165, 1.54) is 31.0 Å². The van der Waals surface area contributed by atoms with Crippen LogP contribution in [0.1, 0.15) is 24.8 Å². The second-order valence-corrected chi connectivity index (χ2v) is 4.74. The molecule has 1 fully saturated rings. The van der Waals surface area contributed by atoms with E-state index in [0.29, 0.717) is 0 Å². The van der Waals surface area contributed by atoms with E-state index < -0.39 is 0 Å². The summed E-state index contributed by atoms with van der Waals surface area (Å²) in [5.74, 6) is -0.158. The lowest BCUT2D eigenvalue weighted by Gasteiger charge is -2.29.